The van der Waals surface area contributed by atoms with Crippen molar-refractivity contribution < 1.29 is 0 Å². The van der Waals surface area contributed by atoms with E-state index in [2.05, 4.69) is 36.4 Å². The highest BCUT2D eigenvalue weighted by Crippen LogP contribution is 2.19. The Hall–Kier alpha value is -0.120. The molecule has 0 saturated carbocycles. The lowest BCUT2D eigenvalue weighted by atomic mass is 10.0. The van der Waals surface area contributed by atoms with Crippen molar-refractivity contribution in [2.24, 2.45) is 0 Å². The second-order valence-electron chi connectivity index (χ2n) is 5.58. The van der Waals surface area contributed by atoms with Gasteiger partial charge in [-0.2, -0.15) is 0 Å². The Morgan fingerprint density at radius 3 is 2.64 bits per heavy atom. The zero-order valence-electron chi connectivity index (χ0n) is 9.64. The van der Waals surface area contributed by atoms with Crippen molar-refractivity contribution in [3.63, 3.8) is 0 Å². The van der Waals surface area contributed by atoms with Crippen molar-refractivity contribution in [2.45, 2.75) is 44.3 Å². The quantitative estimate of drug-likeness (QED) is 0.672. The lowest BCUT2D eigenvalue weighted by Gasteiger charge is -2.20. The zero-order chi connectivity index (χ0) is 10.2. The fourth-order valence-electron chi connectivity index (χ4n) is 2.68. The third-order valence-corrected chi connectivity index (χ3v) is 3.45. The van der Waals surface area contributed by atoms with Gasteiger partial charge in [-0.25, -0.2) is 0 Å². The summed E-state index contributed by atoms with van der Waals surface area (Å²) < 4.78 is 0. The summed E-state index contributed by atoms with van der Waals surface area (Å²) in [6, 6.07) is 1.40. The van der Waals surface area contributed by atoms with Crippen molar-refractivity contribution in [1.29, 1.82) is 0 Å². The number of hydrogen-bond acceptors (Lipinski definition) is 3. The molecule has 2 N–H and O–H groups in total. The molecule has 2 atom stereocenters. The molecule has 3 nitrogen and oxygen atoms in total. The van der Waals surface area contributed by atoms with Gasteiger partial charge in [-0.05, 0) is 40.3 Å². The molecule has 82 valence electrons. The molecule has 14 heavy (non-hydrogen) atoms. The van der Waals surface area contributed by atoms with Gasteiger partial charge in [0.15, 0.2) is 0 Å². The van der Waals surface area contributed by atoms with Crippen LogP contribution in [0.4, 0.5) is 0 Å². The highest BCUT2D eigenvalue weighted by atomic mass is 15.2. The van der Waals surface area contributed by atoms with Gasteiger partial charge in [0.2, 0.25) is 0 Å². The molecular weight excluding hydrogens is 174 g/mol. The molecule has 2 fully saturated rings. The molecule has 0 aromatic heterocycles. The third-order valence-electron chi connectivity index (χ3n) is 3.45. The van der Waals surface area contributed by atoms with Crippen molar-refractivity contribution in [3.05, 3.63) is 0 Å². The summed E-state index contributed by atoms with van der Waals surface area (Å²) in [6.07, 6.45) is 2.57. The maximum absolute atomic E-state index is 3.76. The highest BCUT2D eigenvalue weighted by Gasteiger charge is 2.32. The monoisotopic (exact) mass is 197 g/mol. The Morgan fingerprint density at radius 1 is 1.36 bits per heavy atom. The van der Waals surface area contributed by atoms with E-state index in [1.807, 2.05) is 0 Å². The second kappa shape index (κ2) is 3.80. The van der Waals surface area contributed by atoms with Crippen molar-refractivity contribution in [3.8, 4) is 0 Å². The largest absolute Gasteiger partial charge is 0.310 e. The second-order valence-corrected chi connectivity index (χ2v) is 5.58. The van der Waals surface area contributed by atoms with E-state index in [4.69, 9.17) is 0 Å². The molecule has 0 radical (unpaired) electrons. The van der Waals surface area contributed by atoms with Gasteiger partial charge in [-0.15, -0.1) is 0 Å². The maximum atomic E-state index is 3.76. The fraction of sp³-hybridized carbons (Fsp3) is 1.00. The van der Waals surface area contributed by atoms with Crippen LogP contribution in [0, 0.1) is 0 Å². The molecule has 2 unspecified atom stereocenters. The molecule has 2 aliphatic heterocycles. The maximum Gasteiger partial charge on any atom is 0.0213 e. The van der Waals surface area contributed by atoms with E-state index in [1.165, 1.54) is 25.9 Å². The van der Waals surface area contributed by atoms with Crippen molar-refractivity contribution in [2.75, 3.05) is 26.7 Å². The van der Waals surface area contributed by atoms with E-state index >= 15 is 0 Å². The summed E-state index contributed by atoms with van der Waals surface area (Å²) in [7, 11) is 2.21. The number of likely N-dealkylation sites (N-methyl/N-ethyl adjacent to an activating group) is 1. The van der Waals surface area contributed by atoms with Gasteiger partial charge in [0, 0.05) is 30.7 Å². The normalized spacial score (nSPS) is 37.9. The predicted octanol–water partition coefficient (Wildman–Crippen LogP) is 0.421. The number of hydrogen-bond donors (Lipinski definition) is 2. The Kier molecular flexibility index (Phi) is 2.82. The van der Waals surface area contributed by atoms with E-state index in [9.17, 15) is 0 Å². The van der Waals surface area contributed by atoms with Gasteiger partial charge in [0.1, 0.15) is 0 Å². The SMILES string of the molecule is CN1CCC(NC2CNC(C)(C)C2)C1. The van der Waals surface area contributed by atoms with E-state index in [-0.39, 0.29) is 0 Å². The van der Waals surface area contributed by atoms with Gasteiger partial charge in [-0.1, -0.05) is 0 Å². The summed E-state index contributed by atoms with van der Waals surface area (Å²) >= 11 is 0. The van der Waals surface area contributed by atoms with Crippen LogP contribution in [0.25, 0.3) is 0 Å². The molecule has 0 aliphatic carbocycles. The zero-order valence-corrected chi connectivity index (χ0v) is 9.64. The lowest BCUT2D eigenvalue weighted by molar-refractivity contribution is 0.378. The van der Waals surface area contributed by atoms with Crippen LogP contribution in [0.5, 0.6) is 0 Å². The molecule has 0 bridgehead atoms. The van der Waals surface area contributed by atoms with Crippen LogP contribution in [0.2, 0.25) is 0 Å². The van der Waals surface area contributed by atoms with E-state index < -0.39 is 0 Å². The van der Waals surface area contributed by atoms with Crippen LogP contribution in [-0.2, 0) is 0 Å². The van der Waals surface area contributed by atoms with Gasteiger partial charge in [0.25, 0.3) is 0 Å². The van der Waals surface area contributed by atoms with Crippen LogP contribution in [-0.4, -0.2) is 49.2 Å². The van der Waals surface area contributed by atoms with Crippen LogP contribution in [0.15, 0.2) is 0 Å². The van der Waals surface area contributed by atoms with E-state index in [1.54, 1.807) is 0 Å². The smallest absolute Gasteiger partial charge is 0.0213 e. The van der Waals surface area contributed by atoms with Crippen molar-refractivity contribution >= 4 is 0 Å². The highest BCUT2D eigenvalue weighted by molar-refractivity contribution is 4.95. The number of nitrogens with one attached hydrogen (secondary N) is 2. The van der Waals surface area contributed by atoms with Gasteiger partial charge < -0.3 is 15.5 Å². The minimum absolute atomic E-state index is 0.335. The molecule has 0 amide bonds. The Balaban J connectivity index is 1.76. The van der Waals surface area contributed by atoms with Gasteiger partial charge in [0.05, 0.1) is 0 Å². The Morgan fingerprint density at radius 2 is 2.14 bits per heavy atom. The third kappa shape index (κ3) is 2.47. The summed E-state index contributed by atoms with van der Waals surface area (Å²) in [5.74, 6) is 0. The van der Waals surface area contributed by atoms with Crippen LogP contribution in [0.1, 0.15) is 26.7 Å². The predicted molar refractivity (Wildman–Crippen MR) is 59.5 cm³/mol. The van der Waals surface area contributed by atoms with Gasteiger partial charge in [-0.3, -0.25) is 0 Å². The van der Waals surface area contributed by atoms with Crippen LogP contribution >= 0.6 is 0 Å². The van der Waals surface area contributed by atoms with E-state index in [0.29, 0.717) is 11.6 Å². The van der Waals surface area contributed by atoms with Crippen LogP contribution in [0.3, 0.4) is 0 Å². The molecule has 2 aliphatic rings. The molecule has 3 heteroatoms. The lowest BCUT2D eigenvalue weighted by Crippen LogP contribution is -2.40. The minimum Gasteiger partial charge on any atom is -0.310 e. The average Bonchev–Trinajstić information content (AvgIpc) is 2.59. The first-order valence-electron chi connectivity index (χ1n) is 5.75. The molecule has 2 rings (SSSR count). The van der Waals surface area contributed by atoms with E-state index in [0.717, 1.165) is 12.6 Å². The molecular formula is C11H23N3. The summed E-state index contributed by atoms with van der Waals surface area (Å²) in [5, 5.41) is 7.31. The molecule has 2 heterocycles. The molecule has 2 saturated heterocycles. The summed E-state index contributed by atoms with van der Waals surface area (Å²) in [6.45, 7) is 8.18. The first-order chi connectivity index (χ1) is 6.55. The standard InChI is InChI=1S/C11H23N3/c1-11(2)6-10(7-12-11)13-9-4-5-14(3)8-9/h9-10,12-13H,4-8H2,1-3H3. The van der Waals surface area contributed by atoms with Crippen molar-refractivity contribution in [1.82, 2.24) is 15.5 Å². The first-order valence-corrected chi connectivity index (χ1v) is 5.75. The fourth-order valence-corrected chi connectivity index (χ4v) is 2.68. The molecule has 0 spiro atoms. The number of likely N-dealkylation sites (tertiary alicyclic amines) is 1. The van der Waals surface area contributed by atoms with Crippen LogP contribution < -0.4 is 10.6 Å². The Bertz CT molecular complexity index is 203. The average molecular weight is 197 g/mol. The topological polar surface area (TPSA) is 27.3 Å². The first kappa shape index (κ1) is 10.4. The molecule has 0 aromatic rings. The minimum atomic E-state index is 0.335. The van der Waals surface area contributed by atoms with Gasteiger partial charge >= 0.3 is 0 Å². The summed E-state index contributed by atoms with van der Waals surface area (Å²) in [5.41, 5.74) is 0.335. The number of nitrogens with zero attached hydrogens (tertiary/aromatic N) is 1. The summed E-state index contributed by atoms with van der Waals surface area (Å²) in [4.78, 5) is 2.41. The molecule has 0 aromatic carbocycles. The Labute approximate surface area is 87.2 Å². The number of rotatable bonds is 2.